The summed E-state index contributed by atoms with van der Waals surface area (Å²) in [6.07, 6.45) is 3.23. The summed E-state index contributed by atoms with van der Waals surface area (Å²) in [6, 6.07) is 3.50. The van der Waals surface area contributed by atoms with Gasteiger partial charge in [-0.05, 0) is 49.0 Å². The Hall–Kier alpha value is -1.40. The molecule has 0 aromatic carbocycles. The number of thiophene rings is 1. The highest BCUT2D eigenvalue weighted by atomic mass is 32.1. The topological polar surface area (TPSA) is 78.4 Å². The molecular weight excluding hydrogens is 276 g/mol. The van der Waals surface area contributed by atoms with Gasteiger partial charge in [0.25, 0.3) is 5.91 Å². The largest absolute Gasteiger partial charge is 0.393 e. The van der Waals surface area contributed by atoms with Crippen LogP contribution in [0, 0.1) is 17.8 Å². The molecule has 1 aromatic rings. The lowest BCUT2D eigenvalue weighted by atomic mass is 9.78. The molecular formula is C14H18N2O3S. The van der Waals surface area contributed by atoms with Crippen molar-refractivity contribution < 1.29 is 14.7 Å². The normalized spacial score (nSPS) is 31.9. The minimum atomic E-state index is -0.285. The van der Waals surface area contributed by atoms with Gasteiger partial charge >= 0.3 is 0 Å². The molecule has 108 valence electrons. The van der Waals surface area contributed by atoms with Crippen molar-refractivity contribution >= 4 is 23.2 Å². The number of fused-ring (bicyclic) bond motifs is 2. The fourth-order valence-corrected chi connectivity index (χ4v) is 4.02. The van der Waals surface area contributed by atoms with Gasteiger partial charge in [0.05, 0.1) is 11.0 Å². The van der Waals surface area contributed by atoms with E-state index in [1.165, 1.54) is 11.3 Å². The number of aliphatic hydroxyl groups is 1. The number of carbonyl (C=O) groups excluding carboxylic acids is 2. The third-order valence-electron chi connectivity index (χ3n) is 4.46. The van der Waals surface area contributed by atoms with Crippen LogP contribution in [0.1, 0.15) is 35.4 Å². The lowest BCUT2D eigenvalue weighted by Gasteiger charge is -2.31. The van der Waals surface area contributed by atoms with Crippen molar-refractivity contribution in [3.63, 3.8) is 0 Å². The smallest absolute Gasteiger partial charge is 0.279 e. The second kappa shape index (κ2) is 5.54. The predicted molar refractivity (Wildman–Crippen MR) is 74.9 cm³/mol. The lowest BCUT2D eigenvalue weighted by molar-refractivity contribution is -0.128. The van der Waals surface area contributed by atoms with Crippen LogP contribution in [0.2, 0.25) is 0 Å². The number of amides is 2. The van der Waals surface area contributed by atoms with E-state index in [1.54, 1.807) is 12.1 Å². The van der Waals surface area contributed by atoms with Crippen LogP contribution in [0.15, 0.2) is 17.5 Å². The zero-order valence-corrected chi connectivity index (χ0v) is 11.9. The van der Waals surface area contributed by atoms with Gasteiger partial charge in [0.2, 0.25) is 5.91 Å². The Kier molecular flexibility index (Phi) is 3.76. The Bertz CT molecular complexity index is 489. The van der Waals surface area contributed by atoms with E-state index in [0.717, 1.165) is 25.7 Å². The van der Waals surface area contributed by atoms with Crippen molar-refractivity contribution in [3.05, 3.63) is 22.4 Å². The zero-order valence-electron chi connectivity index (χ0n) is 11.0. The maximum atomic E-state index is 12.1. The van der Waals surface area contributed by atoms with Gasteiger partial charge in [0, 0.05) is 5.92 Å². The average Bonchev–Trinajstić information content (AvgIpc) is 3.02. The van der Waals surface area contributed by atoms with Gasteiger partial charge in [-0.2, -0.15) is 0 Å². The summed E-state index contributed by atoms with van der Waals surface area (Å²) in [5.41, 5.74) is 4.96. The molecule has 2 bridgehead atoms. The first kappa shape index (κ1) is 13.6. The first-order valence-electron chi connectivity index (χ1n) is 6.97. The maximum absolute atomic E-state index is 12.1. The molecule has 2 unspecified atom stereocenters. The van der Waals surface area contributed by atoms with Crippen molar-refractivity contribution in [1.29, 1.82) is 0 Å². The summed E-state index contributed by atoms with van der Waals surface area (Å²) in [6.45, 7) is 0. The monoisotopic (exact) mass is 294 g/mol. The first-order chi connectivity index (χ1) is 9.65. The molecule has 1 heterocycles. The number of rotatable bonds is 2. The second-order valence-corrected chi connectivity index (χ2v) is 6.62. The Morgan fingerprint density at radius 3 is 2.50 bits per heavy atom. The molecule has 2 fully saturated rings. The highest BCUT2D eigenvalue weighted by Gasteiger charge is 2.43. The van der Waals surface area contributed by atoms with Crippen LogP contribution >= 0.6 is 11.3 Å². The molecule has 1 aromatic heterocycles. The Morgan fingerprint density at radius 2 is 1.90 bits per heavy atom. The summed E-state index contributed by atoms with van der Waals surface area (Å²) >= 11 is 1.33. The fourth-order valence-electron chi connectivity index (χ4n) is 3.40. The van der Waals surface area contributed by atoms with E-state index in [-0.39, 0.29) is 35.7 Å². The molecule has 2 amide bonds. The standard InChI is InChI=1S/C14H18N2O3S/c17-12-8-3-4-9(12)7-10(6-8)13(18)15-16-14(19)11-2-1-5-20-11/h1-2,5,8-10,12,17H,3-4,6-7H2,(H,15,18)(H,16,19)/t8-,9+,10?,12?. The lowest BCUT2D eigenvalue weighted by Crippen LogP contribution is -2.46. The van der Waals surface area contributed by atoms with E-state index in [0.29, 0.717) is 4.88 Å². The molecule has 0 saturated heterocycles. The number of carbonyl (C=O) groups is 2. The number of hydrogen-bond donors (Lipinski definition) is 3. The third-order valence-corrected chi connectivity index (χ3v) is 5.33. The van der Waals surface area contributed by atoms with Gasteiger partial charge in [-0.3, -0.25) is 20.4 Å². The average molecular weight is 294 g/mol. The van der Waals surface area contributed by atoms with Crippen LogP contribution < -0.4 is 10.9 Å². The molecule has 6 heteroatoms. The molecule has 2 saturated carbocycles. The quantitative estimate of drug-likeness (QED) is 0.720. The molecule has 5 nitrogen and oxygen atoms in total. The van der Waals surface area contributed by atoms with Gasteiger partial charge in [-0.1, -0.05) is 6.07 Å². The maximum Gasteiger partial charge on any atom is 0.279 e. The van der Waals surface area contributed by atoms with Crippen molar-refractivity contribution in [3.8, 4) is 0 Å². The van der Waals surface area contributed by atoms with Gasteiger partial charge in [0.1, 0.15) is 0 Å². The van der Waals surface area contributed by atoms with Crippen LogP contribution in [-0.4, -0.2) is 23.0 Å². The van der Waals surface area contributed by atoms with E-state index < -0.39 is 0 Å². The van der Waals surface area contributed by atoms with E-state index in [9.17, 15) is 14.7 Å². The molecule has 3 rings (SSSR count). The van der Waals surface area contributed by atoms with Gasteiger partial charge in [0.15, 0.2) is 0 Å². The van der Waals surface area contributed by atoms with Crippen molar-refractivity contribution in [2.24, 2.45) is 17.8 Å². The highest BCUT2D eigenvalue weighted by Crippen LogP contribution is 2.44. The minimum absolute atomic E-state index is 0.0977. The van der Waals surface area contributed by atoms with Crippen LogP contribution in [-0.2, 0) is 4.79 Å². The van der Waals surface area contributed by atoms with Crippen LogP contribution in [0.25, 0.3) is 0 Å². The molecule has 3 N–H and O–H groups in total. The van der Waals surface area contributed by atoms with Crippen LogP contribution in [0.3, 0.4) is 0 Å². The first-order valence-corrected chi connectivity index (χ1v) is 7.85. The highest BCUT2D eigenvalue weighted by molar-refractivity contribution is 7.12. The SMILES string of the molecule is O=C(NNC(=O)C1C[C@H]2CC[C@@H](C1)C2O)c1cccs1. The number of nitrogens with one attached hydrogen (secondary N) is 2. The van der Waals surface area contributed by atoms with Crippen LogP contribution in [0.4, 0.5) is 0 Å². The molecule has 2 aliphatic carbocycles. The molecule has 0 aliphatic heterocycles. The molecule has 0 radical (unpaired) electrons. The third kappa shape index (κ3) is 2.58. The Morgan fingerprint density at radius 1 is 1.20 bits per heavy atom. The van der Waals surface area contributed by atoms with Gasteiger partial charge in [-0.25, -0.2) is 0 Å². The molecule has 0 spiro atoms. The van der Waals surface area contributed by atoms with E-state index >= 15 is 0 Å². The van der Waals surface area contributed by atoms with E-state index in [1.807, 2.05) is 5.38 Å². The summed E-state index contributed by atoms with van der Waals surface area (Å²) in [5.74, 6) is -0.0274. The van der Waals surface area contributed by atoms with Crippen LogP contribution in [0.5, 0.6) is 0 Å². The summed E-state index contributed by atoms with van der Waals surface area (Å²) in [5, 5.41) is 11.8. The summed E-state index contributed by atoms with van der Waals surface area (Å²) < 4.78 is 0. The second-order valence-electron chi connectivity index (χ2n) is 5.68. The van der Waals surface area contributed by atoms with Gasteiger partial charge < -0.3 is 5.11 Å². The van der Waals surface area contributed by atoms with E-state index in [2.05, 4.69) is 10.9 Å². The number of hydrogen-bond acceptors (Lipinski definition) is 4. The van der Waals surface area contributed by atoms with Crippen molar-refractivity contribution in [2.45, 2.75) is 31.8 Å². The summed E-state index contributed by atoms with van der Waals surface area (Å²) in [7, 11) is 0. The predicted octanol–water partition coefficient (Wildman–Crippen LogP) is 1.31. The van der Waals surface area contributed by atoms with Crippen molar-refractivity contribution in [1.82, 2.24) is 10.9 Å². The van der Waals surface area contributed by atoms with Crippen molar-refractivity contribution in [2.75, 3.05) is 0 Å². The Labute approximate surface area is 121 Å². The number of hydrazine groups is 1. The minimum Gasteiger partial charge on any atom is -0.393 e. The molecule has 2 aliphatic rings. The Balaban J connectivity index is 1.52. The molecule has 20 heavy (non-hydrogen) atoms. The summed E-state index contributed by atoms with van der Waals surface area (Å²) in [4.78, 5) is 24.4. The fraction of sp³-hybridized carbons (Fsp3) is 0.571. The molecule has 4 atom stereocenters. The van der Waals surface area contributed by atoms with E-state index in [4.69, 9.17) is 0 Å². The zero-order chi connectivity index (χ0) is 14.1. The number of aliphatic hydroxyl groups excluding tert-OH is 1. The van der Waals surface area contributed by atoms with Gasteiger partial charge in [-0.15, -0.1) is 11.3 Å².